The fourth-order valence-corrected chi connectivity index (χ4v) is 3.62. The summed E-state index contributed by atoms with van der Waals surface area (Å²) in [5.74, 6) is 1.40. The molecule has 2 bridgehead atoms. The summed E-state index contributed by atoms with van der Waals surface area (Å²) < 4.78 is 0. The molecular weight excluding hydrogens is 176 g/mol. The van der Waals surface area contributed by atoms with Gasteiger partial charge in [-0.1, -0.05) is 11.6 Å². The van der Waals surface area contributed by atoms with Crippen LogP contribution in [0.4, 0.5) is 0 Å². The van der Waals surface area contributed by atoms with Crippen LogP contribution in [-0.4, -0.2) is 17.0 Å². The van der Waals surface area contributed by atoms with Gasteiger partial charge in [-0.2, -0.15) is 0 Å². The quantitative estimate of drug-likeness (QED) is 0.593. The molecule has 0 heterocycles. The van der Waals surface area contributed by atoms with E-state index >= 15 is 0 Å². The van der Waals surface area contributed by atoms with E-state index in [1.807, 2.05) is 0 Å². The lowest BCUT2D eigenvalue weighted by molar-refractivity contribution is -0.129. The van der Waals surface area contributed by atoms with Gasteiger partial charge in [0.25, 0.3) is 0 Å². The van der Waals surface area contributed by atoms with E-state index in [0.717, 1.165) is 32.1 Å². The van der Waals surface area contributed by atoms with Crippen LogP contribution in [0.3, 0.4) is 0 Å². The van der Waals surface area contributed by atoms with Gasteiger partial charge in [0, 0.05) is 18.3 Å². The lowest BCUT2D eigenvalue weighted by Gasteiger charge is -2.47. The Balaban J connectivity index is 2.01. The molecule has 0 unspecified atom stereocenters. The van der Waals surface area contributed by atoms with E-state index in [2.05, 4.69) is 6.08 Å². The summed E-state index contributed by atoms with van der Waals surface area (Å²) in [5, 5.41) is 9.96. The number of hydrogen-bond donors (Lipinski definition) is 1. The van der Waals surface area contributed by atoms with Crippen LogP contribution in [0.15, 0.2) is 11.6 Å². The first kappa shape index (κ1) is 8.66. The molecule has 2 nitrogen and oxygen atoms in total. The first-order valence-electron chi connectivity index (χ1n) is 5.68. The van der Waals surface area contributed by atoms with E-state index in [1.54, 1.807) is 0 Å². The fraction of sp³-hybridized carbons (Fsp3) is 0.750. The number of fused-ring (bicyclic) bond motifs is 2. The van der Waals surface area contributed by atoms with Crippen molar-refractivity contribution in [3.05, 3.63) is 11.6 Å². The van der Waals surface area contributed by atoms with Crippen molar-refractivity contribution in [1.29, 1.82) is 0 Å². The van der Waals surface area contributed by atoms with Crippen molar-refractivity contribution in [3.63, 3.8) is 0 Å². The maximum absolute atomic E-state index is 11.7. The van der Waals surface area contributed by atoms with Crippen molar-refractivity contribution in [1.82, 2.24) is 0 Å². The molecule has 0 radical (unpaired) electrons. The average molecular weight is 192 g/mol. The number of aliphatic hydroxyl groups is 1. The lowest BCUT2D eigenvalue weighted by atomic mass is 9.57. The molecule has 0 saturated heterocycles. The Morgan fingerprint density at radius 3 is 2.93 bits per heavy atom. The SMILES string of the molecule is O=C1C[C@@H]2CC[C@H]1C1=CCC[C@H](O)[C@@H]12. The predicted octanol–water partition coefficient (Wildman–Crippen LogP) is 1.68. The Morgan fingerprint density at radius 2 is 2.14 bits per heavy atom. The highest BCUT2D eigenvalue weighted by molar-refractivity contribution is 5.86. The van der Waals surface area contributed by atoms with Gasteiger partial charge in [-0.05, 0) is 31.6 Å². The highest BCUT2D eigenvalue weighted by Crippen LogP contribution is 2.50. The fourth-order valence-electron chi connectivity index (χ4n) is 3.62. The number of carbonyl (C=O) groups is 1. The Kier molecular flexibility index (Phi) is 1.81. The average Bonchev–Trinajstić information content (AvgIpc) is 2.18. The van der Waals surface area contributed by atoms with Crippen molar-refractivity contribution in [2.75, 3.05) is 0 Å². The van der Waals surface area contributed by atoms with Crippen molar-refractivity contribution >= 4 is 5.78 Å². The summed E-state index contributed by atoms with van der Waals surface area (Å²) in [5.41, 5.74) is 1.29. The molecule has 3 fully saturated rings. The zero-order valence-electron chi connectivity index (χ0n) is 8.28. The first-order chi connectivity index (χ1) is 6.77. The molecule has 76 valence electrons. The summed E-state index contributed by atoms with van der Waals surface area (Å²) in [6, 6.07) is 0. The topological polar surface area (TPSA) is 37.3 Å². The molecule has 0 aromatic rings. The first-order valence-corrected chi connectivity index (χ1v) is 5.68. The van der Waals surface area contributed by atoms with Gasteiger partial charge in [-0.3, -0.25) is 4.79 Å². The Hall–Kier alpha value is -0.630. The smallest absolute Gasteiger partial charge is 0.140 e. The third-order valence-electron chi connectivity index (χ3n) is 4.23. The molecule has 0 amide bonds. The monoisotopic (exact) mass is 192 g/mol. The van der Waals surface area contributed by atoms with Crippen LogP contribution in [0.25, 0.3) is 0 Å². The molecule has 14 heavy (non-hydrogen) atoms. The molecule has 0 spiro atoms. The normalized spacial score (nSPS) is 46.1. The zero-order valence-corrected chi connectivity index (χ0v) is 8.28. The summed E-state index contributed by atoms with van der Waals surface area (Å²) in [6.45, 7) is 0. The second-order valence-corrected chi connectivity index (χ2v) is 4.94. The molecule has 4 atom stereocenters. The van der Waals surface area contributed by atoms with Crippen LogP contribution < -0.4 is 0 Å². The number of aliphatic hydroxyl groups excluding tert-OH is 1. The van der Waals surface area contributed by atoms with Gasteiger partial charge in [0.05, 0.1) is 6.10 Å². The Labute approximate surface area is 84.0 Å². The molecular formula is C12H16O2. The number of hydrogen-bond acceptors (Lipinski definition) is 2. The predicted molar refractivity (Wildman–Crippen MR) is 52.7 cm³/mol. The number of ketones is 1. The highest BCUT2D eigenvalue weighted by Gasteiger charge is 2.47. The van der Waals surface area contributed by atoms with Crippen molar-refractivity contribution in [3.8, 4) is 0 Å². The van der Waals surface area contributed by atoms with Crippen molar-refractivity contribution in [2.45, 2.75) is 38.2 Å². The van der Waals surface area contributed by atoms with Gasteiger partial charge >= 0.3 is 0 Å². The second kappa shape index (κ2) is 2.93. The highest BCUT2D eigenvalue weighted by atomic mass is 16.3. The lowest BCUT2D eigenvalue weighted by Crippen LogP contribution is -2.46. The molecule has 0 aromatic heterocycles. The minimum atomic E-state index is -0.170. The Morgan fingerprint density at radius 1 is 1.29 bits per heavy atom. The van der Waals surface area contributed by atoms with Crippen LogP contribution in [0.1, 0.15) is 32.1 Å². The van der Waals surface area contributed by atoms with E-state index in [0.29, 0.717) is 17.6 Å². The maximum Gasteiger partial charge on any atom is 0.140 e. The summed E-state index contributed by atoms with van der Waals surface area (Å²) in [6.07, 6.45) is 6.83. The second-order valence-electron chi connectivity index (χ2n) is 4.94. The summed E-state index contributed by atoms with van der Waals surface area (Å²) >= 11 is 0. The van der Waals surface area contributed by atoms with E-state index in [-0.39, 0.29) is 12.0 Å². The number of carbonyl (C=O) groups excluding carboxylic acids is 1. The van der Waals surface area contributed by atoms with E-state index in [1.165, 1.54) is 5.57 Å². The number of rotatable bonds is 0. The molecule has 0 aromatic carbocycles. The molecule has 2 heteroatoms. The Bertz CT molecular complexity index is 305. The minimum absolute atomic E-state index is 0.170. The summed E-state index contributed by atoms with van der Waals surface area (Å²) in [4.78, 5) is 11.7. The third-order valence-corrected chi connectivity index (χ3v) is 4.23. The molecule has 4 aliphatic carbocycles. The van der Waals surface area contributed by atoms with Gasteiger partial charge in [0.1, 0.15) is 5.78 Å². The zero-order chi connectivity index (χ0) is 9.71. The molecule has 3 saturated carbocycles. The maximum atomic E-state index is 11.7. The molecule has 4 rings (SSSR count). The number of allylic oxidation sites excluding steroid dienone is 1. The van der Waals surface area contributed by atoms with Gasteiger partial charge < -0.3 is 5.11 Å². The van der Waals surface area contributed by atoms with E-state index in [9.17, 15) is 9.90 Å². The largest absolute Gasteiger partial charge is 0.392 e. The summed E-state index contributed by atoms with van der Waals surface area (Å²) in [7, 11) is 0. The third kappa shape index (κ3) is 1.04. The van der Waals surface area contributed by atoms with E-state index in [4.69, 9.17) is 0 Å². The van der Waals surface area contributed by atoms with Crippen LogP contribution in [-0.2, 0) is 4.79 Å². The van der Waals surface area contributed by atoms with Crippen LogP contribution in [0.2, 0.25) is 0 Å². The molecule has 0 aliphatic heterocycles. The van der Waals surface area contributed by atoms with Crippen LogP contribution >= 0.6 is 0 Å². The number of Topliss-reactive ketones (excluding diaryl/α,β-unsaturated/α-hetero) is 1. The molecule has 1 N–H and O–H groups in total. The van der Waals surface area contributed by atoms with Gasteiger partial charge in [0.15, 0.2) is 0 Å². The van der Waals surface area contributed by atoms with E-state index < -0.39 is 0 Å². The standard InChI is InChI=1S/C12H16O2/c13-10-3-1-2-9-8-5-4-7(12(9)10)6-11(8)14/h2,7-8,10,12-13H,1,3-6H2/t7-,8-,10-,12+/m0/s1. The van der Waals surface area contributed by atoms with Crippen molar-refractivity contribution in [2.24, 2.45) is 17.8 Å². The van der Waals surface area contributed by atoms with Gasteiger partial charge in [-0.15, -0.1) is 0 Å². The van der Waals surface area contributed by atoms with Gasteiger partial charge in [-0.25, -0.2) is 0 Å². The molecule has 4 aliphatic rings. The van der Waals surface area contributed by atoms with Crippen LogP contribution in [0.5, 0.6) is 0 Å². The van der Waals surface area contributed by atoms with Crippen molar-refractivity contribution < 1.29 is 9.90 Å². The van der Waals surface area contributed by atoms with Gasteiger partial charge in [0.2, 0.25) is 0 Å². The minimum Gasteiger partial charge on any atom is -0.392 e. The van der Waals surface area contributed by atoms with Crippen LogP contribution in [0, 0.1) is 17.8 Å².